The Balaban J connectivity index is 0.000000111. The molecule has 6 aromatic heterocycles. The van der Waals surface area contributed by atoms with Crippen molar-refractivity contribution in [3.63, 3.8) is 0 Å². The number of rotatable bonds is 8. The molecule has 0 saturated carbocycles. The number of ketones is 6. The van der Waals surface area contributed by atoms with Gasteiger partial charge in [0.05, 0.1) is 17.9 Å². The van der Waals surface area contributed by atoms with Crippen LogP contribution in [-0.2, 0) is 40.2 Å². The summed E-state index contributed by atoms with van der Waals surface area (Å²) in [5.74, 6) is 0.530. The van der Waals surface area contributed by atoms with Gasteiger partial charge in [-0.05, 0) is 136 Å². The van der Waals surface area contributed by atoms with E-state index in [1.54, 1.807) is 51.0 Å². The van der Waals surface area contributed by atoms with Gasteiger partial charge in [0.15, 0.2) is 34.7 Å². The molecule has 6 aliphatic rings. The molecule has 0 aliphatic heterocycles. The minimum absolute atomic E-state index is 0. The average Bonchev–Trinajstić information content (AvgIpc) is 1.65. The number of aliphatic hydroxyl groups is 2. The molecule has 2 atom stereocenters. The van der Waals surface area contributed by atoms with Crippen molar-refractivity contribution in [1.82, 2.24) is 29.9 Å². The van der Waals surface area contributed by atoms with E-state index in [2.05, 4.69) is 60.2 Å². The van der Waals surface area contributed by atoms with Crippen LogP contribution >= 0.6 is 0 Å². The Hall–Kier alpha value is -15.2. The molecule has 18 aromatic rings. The van der Waals surface area contributed by atoms with Gasteiger partial charge in [0.25, 0.3) is 0 Å². The minimum Gasteiger partial charge on any atom is -0.393 e. The van der Waals surface area contributed by atoms with Crippen LogP contribution in [0.25, 0.3) is 134 Å². The fourth-order valence-corrected chi connectivity index (χ4v) is 16.4. The van der Waals surface area contributed by atoms with E-state index in [0.29, 0.717) is 6.42 Å². The van der Waals surface area contributed by atoms with Crippen molar-refractivity contribution < 1.29 is 79.2 Å². The molecule has 2 N–H and O–H groups in total. The third-order valence-electron chi connectivity index (χ3n) is 22.4. The number of nitrogens with zero attached hydrogens (tertiary/aromatic N) is 6. The molecular formula is C113H73Ir2N6O8-2. The fourth-order valence-electron chi connectivity index (χ4n) is 16.4. The van der Waals surface area contributed by atoms with Crippen LogP contribution in [0, 0.1) is 30.3 Å². The molecule has 6 aliphatic carbocycles. The van der Waals surface area contributed by atoms with Crippen LogP contribution in [0.5, 0.6) is 0 Å². The van der Waals surface area contributed by atoms with E-state index < -0.39 is 0 Å². The Labute approximate surface area is 772 Å². The molecule has 6 heterocycles. The third kappa shape index (κ3) is 18.1. The summed E-state index contributed by atoms with van der Waals surface area (Å²) in [7, 11) is 0. The molecule has 0 spiro atoms. The molecule has 0 saturated heterocycles. The van der Waals surface area contributed by atoms with Crippen LogP contribution in [0.15, 0.2) is 371 Å². The zero-order chi connectivity index (χ0) is 87.0. The number of carbonyl (C=O) groups excluding carboxylic acids is 6. The maximum absolute atomic E-state index is 12.5. The zero-order valence-electron chi connectivity index (χ0n) is 69.3. The van der Waals surface area contributed by atoms with Crippen molar-refractivity contribution in [2.75, 3.05) is 0 Å². The second-order valence-corrected chi connectivity index (χ2v) is 30.6. The Kier molecular flexibility index (Phi) is 26.5. The molecule has 16 heteroatoms. The van der Waals surface area contributed by atoms with Gasteiger partial charge in [-0.15, -0.1) is 119 Å². The van der Waals surface area contributed by atoms with Crippen molar-refractivity contribution in [2.24, 2.45) is 0 Å². The minimum atomic E-state index is -0.375. The van der Waals surface area contributed by atoms with Crippen molar-refractivity contribution >= 4 is 34.7 Å². The molecule has 1 radical (unpaired) electrons. The van der Waals surface area contributed by atoms with E-state index in [-0.39, 0.29) is 87.1 Å². The van der Waals surface area contributed by atoms with Crippen LogP contribution in [0.1, 0.15) is 116 Å². The van der Waals surface area contributed by atoms with E-state index in [4.69, 9.17) is 10.2 Å². The standard InChI is InChI=1S/C18H11NO.5C18H10NO.C5H12O2.2Ir/c6*20-18-15-6-2-1-5-13(15)14-9-8-12(11-16(14)18)17-7-3-4-10-19-17;1-4(6)3-5(2)7;;/h1-11H;5*1-7,9-11H;4-7H,3H2,1-2H3;;/q;5*-1;;;+3. The predicted molar refractivity (Wildman–Crippen MR) is 493 cm³/mol. The normalized spacial score (nSPS) is 12.3. The van der Waals surface area contributed by atoms with Crippen molar-refractivity contribution in [1.29, 1.82) is 0 Å². The Morgan fingerprint density at radius 3 is 0.589 bits per heavy atom. The van der Waals surface area contributed by atoms with E-state index in [9.17, 15) is 28.8 Å². The maximum Gasteiger partial charge on any atom is 3.00 e. The summed E-state index contributed by atoms with van der Waals surface area (Å²) in [5.41, 5.74) is 31.3. The first-order valence-electron chi connectivity index (χ1n) is 41.3. The van der Waals surface area contributed by atoms with Crippen LogP contribution in [0.2, 0.25) is 0 Å². The summed E-state index contributed by atoms with van der Waals surface area (Å²) in [6.45, 7) is 3.32. The maximum atomic E-state index is 12.5. The smallest absolute Gasteiger partial charge is 0.393 e. The molecule has 2 unspecified atom stereocenters. The number of fused-ring (bicyclic) bond motifs is 18. The van der Waals surface area contributed by atoms with Gasteiger partial charge in [-0.2, -0.15) is 0 Å². The van der Waals surface area contributed by atoms with E-state index in [1.807, 2.05) is 334 Å². The summed E-state index contributed by atoms with van der Waals surface area (Å²) in [4.78, 5) is 101. The first-order chi connectivity index (χ1) is 62.2. The molecule has 14 nitrogen and oxygen atoms in total. The molecule has 0 amide bonds. The third-order valence-corrected chi connectivity index (χ3v) is 22.4. The van der Waals surface area contributed by atoms with Gasteiger partial charge in [-0.3, -0.25) is 33.8 Å². The number of hydrogen-bond acceptors (Lipinski definition) is 14. The molecule has 129 heavy (non-hydrogen) atoms. The van der Waals surface area contributed by atoms with Gasteiger partial charge in [0, 0.05) is 102 Å². The van der Waals surface area contributed by atoms with E-state index >= 15 is 0 Å². The van der Waals surface area contributed by atoms with Gasteiger partial charge in [-0.1, -0.05) is 280 Å². The van der Waals surface area contributed by atoms with Crippen LogP contribution in [0.4, 0.5) is 0 Å². The Bertz CT molecular complexity index is 6190. The summed E-state index contributed by atoms with van der Waals surface area (Å²) in [5, 5.41) is 17.1. The number of aromatic nitrogens is 6. The van der Waals surface area contributed by atoms with Crippen LogP contribution in [0.3, 0.4) is 0 Å². The summed E-state index contributed by atoms with van der Waals surface area (Å²) in [6.07, 6.45) is 10.2. The molecule has 623 valence electrons. The van der Waals surface area contributed by atoms with Crippen molar-refractivity contribution in [3.8, 4) is 134 Å². The van der Waals surface area contributed by atoms with Crippen LogP contribution < -0.4 is 0 Å². The SMILES string of the molecule is CC(O)CC(C)O.O=C1c2cc(-c3ccccn3)[c-]cc2-c2ccccc21.O=C1c2cc(-c3ccccn3)[c-]cc2-c2ccccc21.O=C1c2cc(-c3ccccn3)[c-]cc2-c2ccccc21.O=C1c2cc(-c3ccccn3)[c-]cc2-c2ccccc21.O=C1c2cc(-c3ccccn3)[c-]cc2-c2ccccc21.O=C1c2ccccc2-c2ccc(-c3ccccn3)cc21.[Ir+3].[Ir]. The average molecular weight is 2030 g/mol. The second-order valence-electron chi connectivity index (χ2n) is 30.6. The van der Waals surface area contributed by atoms with Gasteiger partial charge >= 0.3 is 20.1 Å². The van der Waals surface area contributed by atoms with Gasteiger partial charge in [0.1, 0.15) is 0 Å². The van der Waals surface area contributed by atoms with E-state index in [0.717, 1.165) is 201 Å². The van der Waals surface area contributed by atoms with Crippen LogP contribution in [-0.4, -0.2) is 87.0 Å². The van der Waals surface area contributed by atoms with Gasteiger partial charge in [0.2, 0.25) is 0 Å². The van der Waals surface area contributed by atoms with Crippen molar-refractivity contribution in [2.45, 2.75) is 32.5 Å². The first-order valence-corrected chi connectivity index (χ1v) is 41.3. The largest absolute Gasteiger partial charge is 3.00 e. The fraction of sp³-hybridized carbons (Fsp3) is 0.0442. The number of hydrogen-bond donors (Lipinski definition) is 2. The summed E-state index contributed by atoms with van der Waals surface area (Å²) < 4.78 is 0. The molecule has 12 aromatic carbocycles. The molecule has 0 fully saturated rings. The van der Waals surface area contributed by atoms with Crippen molar-refractivity contribution in [3.05, 3.63) is 468 Å². The quantitative estimate of drug-likeness (QED) is 0.135. The zero-order valence-corrected chi connectivity index (χ0v) is 74.1. The predicted octanol–water partition coefficient (Wildman–Crippen LogP) is 22.9. The molecule has 0 bridgehead atoms. The number of benzene rings is 12. The second kappa shape index (κ2) is 39.1. The number of aliphatic hydroxyl groups excluding tert-OH is 2. The topological polar surface area (TPSA) is 220 Å². The number of carbonyl (C=O) groups is 6. The summed E-state index contributed by atoms with van der Waals surface area (Å²) in [6, 6.07) is 122. The summed E-state index contributed by atoms with van der Waals surface area (Å²) >= 11 is 0. The first kappa shape index (κ1) is 87.3. The Morgan fingerprint density at radius 2 is 0.395 bits per heavy atom. The molecule has 24 rings (SSSR count). The molecular weight excluding hydrogens is 1950 g/mol. The monoisotopic (exact) mass is 2030 g/mol. The number of pyridine rings is 6. The van der Waals surface area contributed by atoms with E-state index in [1.165, 1.54) is 0 Å². The van der Waals surface area contributed by atoms with Gasteiger partial charge in [-0.25, -0.2) is 0 Å². The Morgan fingerprint density at radius 1 is 0.217 bits per heavy atom. The van der Waals surface area contributed by atoms with Gasteiger partial charge < -0.3 is 35.1 Å².